The zero-order chi connectivity index (χ0) is 14.8. The molecule has 110 valence electrons. The van der Waals surface area contributed by atoms with E-state index in [9.17, 15) is 4.79 Å². The molecule has 1 saturated heterocycles. The van der Waals surface area contributed by atoms with E-state index in [4.69, 9.17) is 0 Å². The number of hydrogen-bond acceptors (Lipinski definition) is 2. The first-order chi connectivity index (χ1) is 9.36. The molecule has 0 saturated carbocycles. The Hall–Kier alpha value is -0.900. The summed E-state index contributed by atoms with van der Waals surface area (Å²) in [6.45, 7) is 8.29. The molecular formula is C16H23BrN2O. The lowest BCUT2D eigenvalue weighted by atomic mass is 9.77. The van der Waals surface area contributed by atoms with Crippen molar-refractivity contribution in [3.63, 3.8) is 0 Å². The van der Waals surface area contributed by atoms with Crippen LogP contribution in [0.2, 0.25) is 0 Å². The third-order valence-corrected chi connectivity index (χ3v) is 4.64. The molecule has 1 aromatic heterocycles. The minimum atomic E-state index is 0.265. The molecule has 1 unspecified atom stereocenters. The molecule has 20 heavy (non-hydrogen) atoms. The number of rotatable bonds is 2. The lowest BCUT2D eigenvalue weighted by Crippen LogP contribution is -2.30. The van der Waals surface area contributed by atoms with Crippen molar-refractivity contribution in [2.24, 2.45) is 11.3 Å². The molecule has 0 aliphatic carbocycles. The van der Waals surface area contributed by atoms with Gasteiger partial charge in [-0.1, -0.05) is 20.8 Å². The van der Waals surface area contributed by atoms with Crippen LogP contribution in [0, 0.1) is 11.3 Å². The molecule has 1 atom stereocenters. The van der Waals surface area contributed by atoms with Gasteiger partial charge in [-0.05, 0) is 52.2 Å². The molecule has 0 N–H and O–H groups in total. The molecule has 1 aliphatic heterocycles. The second-order valence-corrected chi connectivity index (χ2v) is 7.59. The number of nitrogens with zero attached hydrogens (tertiary/aromatic N) is 2. The molecule has 4 heteroatoms. The van der Waals surface area contributed by atoms with Crippen molar-refractivity contribution in [1.29, 1.82) is 0 Å². The standard InChI is InChI=1S/C16H23BrN2O/c1-16(2,3)12-4-7-15(20)19(9-8-12)11-14-6-5-13(17)10-18-14/h5-6,10,12H,4,7-9,11H2,1-3H3. The van der Waals surface area contributed by atoms with Crippen molar-refractivity contribution in [3.8, 4) is 0 Å². The first-order valence-corrected chi connectivity index (χ1v) is 8.04. The van der Waals surface area contributed by atoms with Gasteiger partial charge < -0.3 is 4.90 Å². The fraction of sp³-hybridized carbons (Fsp3) is 0.625. The third-order valence-electron chi connectivity index (χ3n) is 4.17. The molecule has 1 fully saturated rings. The van der Waals surface area contributed by atoms with Gasteiger partial charge >= 0.3 is 0 Å². The largest absolute Gasteiger partial charge is 0.337 e. The smallest absolute Gasteiger partial charge is 0.222 e. The summed E-state index contributed by atoms with van der Waals surface area (Å²) < 4.78 is 0.969. The quantitative estimate of drug-likeness (QED) is 0.815. The number of carbonyl (C=O) groups is 1. The van der Waals surface area contributed by atoms with E-state index in [0.717, 1.165) is 29.6 Å². The maximum atomic E-state index is 12.2. The van der Waals surface area contributed by atoms with Crippen molar-refractivity contribution in [2.45, 2.75) is 46.6 Å². The fourth-order valence-corrected chi connectivity index (χ4v) is 3.00. The maximum Gasteiger partial charge on any atom is 0.222 e. The monoisotopic (exact) mass is 338 g/mol. The zero-order valence-electron chi connectivity index (χ0n) is 12.5. The molecule has 1 amide bonds. The second kappa shape index (κ2) is 6.25. The number of hydrogen-bond donors (Lipinski definition) is 0. The zero-order valence-corrected chi connectivity index (χ0v) is 14.1. The highest BCUT2D eigenvalue weighted by atomic mass is 79.9. The van der Waals surface area contributed by atoms with E-state index in [1.807, 2.05) is 17.0 Å². The van der Waals surface area contributed by atoms with Gasteiger partial charge in [0.25, 0.3) is 0 Å². The van der Waals surface area contributed by atoms with Gasteiger partial charge in [0.2, 0.25) is 5.91 Å². The average molecular weight is 339 g/mol. The summed E-state index contributed by atoms with van der Waals surface area (Å²) in [6.07, 6.45) is 4.55. The molecule has 1 aliphatic rings. The Balaban J connectivity index is 2.02. The fourth-order valence-electron chi connectivity index (χ4n) is 2.77. The van der Waals surface area contributed by atoms with Crippen LogP contribution in [0.4, 0.5) is 0 Å². The van der Waals surface area contributed by atoms with Crippen LogP contribution in [0.3, 0.4) is 0 Å². The van der Waals surface area contributed by atoms with Crippen molar-refractivity contribution in [1.82, 2.24) is 9.88 Å². The highest BCUT2D eigenvalue weighted by Crippen LogP contribution is 2.34. The summed E-state index contributed by atoms with van der Waals surface area (Å²) in [7, 11) is 0. The number of halogens is 1. The van der Waals surface area contributed by atoms with Gasteiger partial charge in [-0.15, -0.1) is 0 Å². The van der Waals surface area contributed by atoms with Gasteiger partial charge in [0.1, 0.15) is 0 Å². The van der Waals surface area contributed by atoms with Crippen LogP contribution in [0.5, 0.6) is 0 Å². The lowest BCUT2D eigenvalue weighted by Gasteiger charge is -2.29. The van der Waals surface area contributed by atoms with Gasteiger partial charge in [0, 0.05) is 23.6 Å². The summed E-state index contributed by atoms with van der Waals surface area (Å²) in [5.74, 6) is 0.885. The lowest BCUT2D eigenvalue weighted by molar-refractivity contribution is -0.131. The van der Waals surface area contributed by atoms with Crippen LogP contribution in [0.1, 0.15) is 45.7 Å². The predicted molar refractivity (Wildman–Crippen MR) is 84.2 cm³/mol. The Morgan fingerprint density at radius 1 is 1.35 bits per heavy atom. The van der Waals surface area contributed by atoms with Crippen molar-refractivity contribution in [2.75, 3.05) is 6.54 Å². The van der Waals surface area contributed by atoms with Crippen LogP contribution in [-0.4, -0.2) is 22.3 Å². The van der Waals surface area contributed by atoms with Crippen LogP contribution >= 0.6 is 15.9 Å². The van der Waals surface area contributed by atoms with Crippen molar-refractivity contribution >= 4 is 21.8 Å². The van der Waals surface area contributed by atoms with Crippen LogP contribution in [0.25, 0.3) is 0 Å². The molecule has 0 radical (unpaired) electrons. The number of pyridine rings is 1. The second-order valence-electron chi connectivity index (χ2n) is 6.67. The Morgan fingerprint density at radius 2 is 2.10 bits per heavy atom. The molecule has 0 bridgehead atoms. The van der Waals surface area contributed by atoms with E-state index in [-0.39, 0.29) is 11.3 Å². The summed E-state index contributed by atoms with van der Waals surface area (Å²) >= 11 is 3.38. The van der Waals surface area contributed by atoms with Crippen LogP contribution < -0.4 is 0 Å². The molecule has 0 aromatic carbocycles. The van der Waals surface area contributed by atoms with E-state index >= 15 is 0 Å². The van der Waals surface area contributed by atoms with Gasteiger partial charge in [0.15, 0.2) is 0 Å². The molecule has 2 heterocycles. The Kier molecular flexibility index (Phi) is 4.84. The first kappa shape index (κ1) is 15.5. The van der Waals surface area contributed by atoms with E-state index in [0.29, 0.717) is 18.9 Å². The van der Waals surface area contributed by atoms with Gasteiger partial charge in [0.05, 0.1) is 12.2 Å². The molecule has 2 rings (SSSR count). The van der Waals surface area contributed by atoms with E-state index in [2.05, 4.69) is 41.7 Å². The SMILES string of the molecule is CC(C)(C)C1CCC(=O)N(Cc2ccc(Br)cn2)CC1. The molecular weight excluding hydrogens is 316 g/mol. The van der Waals surface area contributed by atoms with E-state index < -0.39 is 0 Å². The number of amides is 1. The summed E-state index contributed by atoms with van der Waals surface area (Å²) in [5.41, 5.74) is 1.24. The Morgan fingerprint density at radius 3 is 2.70 bits per heavy atom. The highest BCUT2D eigenvalue weighted by molar-refractivity contribution is 9.10. The van der Waals surface area contributed by atoms with E-state index in [1.54, 1.807) is 6.20 Å². The van der Waals surface area contributed by atoms with Crippen LogP contribution in [0.15, 0.2) is 22.8 Å². The third kappa shape index (κ3) is 4.05. The normalized spacial score (nSPS) is 20.9. The van der Waals surface area contributed by atoms with E-state index in [1.165, 1.54) is 0 Å². The number of aromatic nitrogens is 1. The molecule has 0 spiro atoms. The minimum Gasteiger partial charge on any atom is -0.337 e. The topological polar surface area (TPSA) is 33.2 Å². The maximum absolute atomic E-state index is 12.2. The minimum absolute atomic E-state index is 0.265. The van der Waals surface area contributed by atoms with Gasteiger partial charge in [-0.25, -0.2) is 0 Å². The number of likely N-dealkylation sites (tertiary alicyclic amines) is 1. The van der Waals surface area contributed by atoms with Crippen LogP contribution in [-0.2, 0) is 11.3 Å². The van der Waals surface area contributed by atoms with Crippen molar-refractivity contribution in [3.05, 3.63) is 28.5 Å². The average Bonchev–Trinajstić information content (AvgIpc) is 2.55. The summed E-state index contributed by atoms with van der Waals surface area (Å²) in [5, 5.41) is 0. The van der Waals surface area contributed by atoms with Gasteiger partial charge in [-0.2, -0.15) is 0 Å². The molecule has 1 aromatic rings. The Labute approximate surface area is 129 Å². The summed E-state index contributed by atoms with van der Waals surface area (Å²) in [4.78, 5) is 18.6. The van der Waals surface area contributed by atoms with Gasteiger partial charge in [-0.3, -0.25) is 9.78 Å². The predicted octanol–water partition coefficient (Wildman–Crippen LogP) is 4.02. The summed E-state index contributed by atoms with van der Waals surface area (Å²) in [6, 6.07) is 3.95. The van der Waals surface area contributed by atoms with Crippen molar-refractivity contribution < 1.29 is 4.79 Å². The first-order valence-electron chi connectivity index (χ1n) is 7.24. The highest BCUT2D eigenvalue weighted by Gasteiger charge is 2.29. The molecule has 3 nitrogen and oxygen atoms in total. The number of carbonyl (C=O) groups excluding carboxylic acids is 1. The Bertz CT molecular complexity index is 464.